The number of aromatic nitrogens is 2. The molecule has 0 aliphatic rings. The highest BCUT2D eigenvalue weighted by molar-refractivity contribution is 5.94. The van der Waals surface area contributed by atoms with Gasteiger partial charge in [-0.25, -0.2) is 0 Å². The SMILES string of the molecule is COCC(=O)Nc1cccc(CNC(=O)c2ccc(OCc3noc(C)n3)cc2)c1. The first kappa shape index (κ1) is 21.0. The van der Waals surface area contributed by atoms with E-state index >= 15 is 0 Å². The fraction of sp³-hybridized carbons (Fsp3) is 0.238. The van der Waals surface area contributed by atoms with E-state index in [-0.39, 0.29) is 25.0 Å². The van der Waals surface area contributed by atoms with Crippen LogP contribution in [0.2, 0.25) is 0 Å². The highest BCUT2D eigenvalue weighted by atomic mass is 16.5. The van der Waals surface area contributed by atoms with Crippen LogP contribution >= 0.6 is 0 Å². The van der Waals surface area contributed by atoms with E-state index in [9.17, 15) is 9.59 Å². The van der Waals surface area contributed by atoms with Gasteiger partial charge in [0.1, 0.15) is 12.4 Å². The molecule has 0 unspecified atom stereocenters. The first-order valence-electron chi connectivity index (χ1n) is 9.21. The smallest absolute Gasteiger partial charge is 0.251 e. The van der Waals surface area contributed by atoms with Crippen LogP contribution < -0.4 is 15.4 Å². The number of benzene rings is 2. The van der Waals surface area contributed by atoms with Gasteiger partial charge in [0, 0.05) is 31.8 Å². The Morgan fingerprint density at radius 2 is 1.93 bits per heavy atom. The minimum absolute atomic E-state index is 0.0184. The predicted octanol–water partition coefficient (Wildman–Crippen LogP) is 2.47. The van der Waals surface area contributed by atoms with Crippen molar-refractivity contribution in [2.24, 2.45) is 0 Å². The van der Waals surface area contributed by atoms with Gasteiger partial charge in [-0.05, 0) is 42.0 Å². The number of amides is 2. The van der Waals surface area contributed by atoms with Crippen LogP contribution in [0, 0.1) is 6.92 Å². The fourth-order valence-corrected chi connectivity index (χ4v) is 2.62. The topological polar surface area (TPSA) is 116 Å². The summed E-state index contributed by atoms with van der Waals surface area (Å²) in [6, 6.07) is 14.0. The van der Waals surface area contributed by atoms with Crippen molar-refractivity contribution in [1.29, 1.82) is 0 Å². The lowest BCUT2D eigenvalue weighted by atomic mass is 10.1. The van der Waals surface area contributed by atoms with Crippen molar-refractivity contribution in [1.82, 2.24) is 15.5 Å². The molecule has 0 bridgehead atoms. The molecule has 0 saturated heterocycles. The summed E-state index contributed by atoms with van der Waals surface area (Å²) in [5.74, 6) is 1.06. The quantitative estimate of drug-likeness (QED) is 0.557. The van der Waals surface area contributed by atoms with Crippen molar-refractivity contribution in [2.75, 3.05) is 19.0 Å². The summed E-state index contributed by atoms with van der Waals surface area (Å²) in [7, 11) is 1.46. The fourth-order valence-electron chi connectivity index (χ4n) is 2.62. The summed E-state index contributed by atoms with van der Waals surface area (Å²) in [5.41, 5.74) is 2.00. The molecule has 0 radical (unpaired) electrons. The molecule has 9 nitrogen and oxygen atoms in total. The third-order valence-corrected chi connectivity index (χ3v) is 3.99. The van der Waals surface area contributed by atoms with Gasteiger partial charge in [0.05, 0.1) is 0 Å². The highest BCUT2D eigenvalue weighted by Gasteiger charge is 2.08. The van der Waals surface area contributed by atoms with Gasteiger partial charge in [0.25, 0.3) is 5.91 Å². The maximum Gasteiger partial charge on any atom is 0.251 e. The maximum absolute atomic E-state index is 12.4. The summed E-state index contributed by atoms with van der Waals surface area (Å²) in [6.07, 6.45) is 0. The number of nitrogens with zero attached hydrogens (tertiary/aromatic N) is 2. The van der Waals surface area contributed by atoms with Crippen molar-refractivity contribution in [3.05, 3.63) is 71.4 Å². The van der Waals surface area contributed by atoms with Crippen molar-refractivity contribution in [3.8, 4) is 5.75 Å². The number of rotatable bonds is 9. The lowest BCUT2D eigenvalue weighted by molar-refractivity contribution is -0.119. The predicted molar refractivity (Wildman–Crippen MR) is 108 cm³/mol. The molecular weight excluding hydrogens is 388 g/mol. The van der Waals surface area contributed by atoms with Crippen molar-refractivity contribution >= 4 is 17.5 Å². The number of anilines is 1. The average molecular weight is 410 g/mol. The van der Waals surface area contributed by atoms with E-state index in [4.69, 9.17) is 14.0 Å². The van der Waals surface area contributed by atoms with Gasteiger partial charge in [-0.3, -0.25) is 9.59 Å². The third-order valence-electron chi connectivity index (χ3n) is 3.99. The molecule has 0 saturated carbocycles. The van der Waals surface area contributed by atoms with Crippen LogP contribution in [-0.2, 0) is 22.7 Å². The molecule has 0 aliphatic heterocycles. The molecule has 2 aromatic carbocycles. The van der Waals surface area contributed by atoms with E-state index in [0.717, 1.165) is 5.56 Å². The summed E-state index contributed by atoms with van der Waals surface area (Å²) >= 11 is 0. The van der Waals surface area contributed by atoms with Crippen molar-refractivity contribution in [3.63, 3.8) is 0 Å². The maximum atomic E-state index is 12.4. The first-order valence-corrected chi connectivity index (χ1v) is 9.21. The van der Waals surface area contributed by atoms with E-state index in [2.05, 4.69) is 20.8 Å². The van der Waals surface area contributed by atoms with E-state index in [1.165, 1.54) is 7.11 Å². The number of hydrogen-bond donors (Lipinski definition) is 2. The summed E-state index contributed by atoms with van der Waals surface area (Å²) in [6.45, 7) is 2.19. The number of hydrogen-bond acceptors (Lipinski definition) is 7. The molecule has 156 valence electrons. The molecule has 2 N–H and O–H groups in total. The summed E-state index contributed by atoms with van der Waals surface area (Å²) in [5, 5.41) is 9.34. The lowest BCUT2D eigenvalue weighted by Crippen LogP contribution is -2.23. The Bertz CT molecular complexity index is 1000. The standard InChI is InChI=1S/C21H22N4O5/c1-14-23-19(25-30-14)12-29-18-8-6-16(7-9-18)21(27)22-11-15-4-3-5-17(10-15)24-20(26)13-28-2/h3-10H,11-13H2,1-2H3,(H,22,27)(H,24,26). The van der Waals surface area contributed by atoms with Gasteiger partial charge < -0.3 is 24.6 Å². The minimum atomic E-state index is -0.240. The number of ether oxygens (including phenoxy) is 2. The van der Waals surface area contributed by atoms with Crippen LogP contribution in [0.5, 0.6) is 5.75 Å². The number of methoxy groups -OCH3 is 1. The van der Waals surface area contributed by atoms with Crippen LogP contribution in [-0.4, -0.2) is 35.7 Å². The number of carbonyl (C=O) groups is 2. The Labute approximate surface area is 173 Å². The van der Waals surface area contributed by atoms with Crippen molar-refractivity contribution < 1.29 is 23.6 Å². The van der Waals surface area contributed by atoms with E-state index in [1.807, 2.05) is 6.07 Å². The molecule has 9 heteroatoms. The Morgan fingerprint density at radius 1 is 1.13 bits per heavy atom. The second kappa shape index (κ2) is 10.2. The zero-order chi connectivity index (χ0) is 21.3. The lowest BCUT2D eigenvalue weighted by Gasteiger charge is -2.09. The molecule has 1 heterocycles. The van der Waals surface area contributed by atoms with Crippen molar-refractivity contribution in [2.45, 2.75) is 20.1 Å². The number of nitrogens with one attached hydrogen (secondary N) is 2. The Balaban J connectivity index is 1.50. The van der Waals surface area contributed by atoms with E-state index < -0.39 is 0 Å². The monoisotopic (exact) mass is 410 g/mol. The van der Waals surface area contributed by atoms with Gasteiger partial charge in [-0.1, -0.05) is 17.3 Å². The van der Waals surface area contributed by atoms with Gasteiger partial charge in [0.15, 0.2) is 6.61 Å². The molecule has 0 atom stereocenters. The van der Waals surface area contributed by atoms with Crippen LogP contribution in [0.25, 0.3) is 0 Å². The Hall–Kier alpha value is -3.72. The summed E-state index contributed by atoms with van der Waals surface area (Å²) < 4.78 is 15.2. The second-order valence-corrected chi connectivity index (χ2v) is 6.41. The molecule has 3 rings (SSSR count). The second-order valence-electron chi connectivity index (χ2n) is 6.41. The van der Waals surface area contributed by atoms with Gasteiger partial charge in [0.2, 0.25) is 17.6 Å². The molecule has 0 spiro atoms. The van der Waals surface area contributed by atoms with Gasteiger partial charge in [-0.15, -0.1) is 0 Å². The largest absolute Gasteiger partial charge is 0.485 e. The number of aryl methyl sites for hydroxylation is 1. The van der Waals surface area contributed by atoms with E-state index in [0.29, 0.717) is 35.3 Å². The molecular formula is C21H22N4O5. The van der Waals surface area contributed by atoms with Crippen LogP contribution in [0.4, 0.5) is 5.69 Å². The van der Waals surface area contributed by atoms with Crippen LogP contribution in [0.15, 0.2) is 53.1 Å². The minimum Gasteiger partial charge on any atom is -0.485 e. The number of carbonyl (C=O) groups excluding carboxylic acids is 2. The Morgan fingerprint density at radius 3 is 2.63 bits per heavy atom. The molecule has 3 aromatic rings. The third kappa shape index (κ3) is 6.14. The molecule has 1 aromatic heterocycles. The molecule has 0 fully saturated rings. The van der Waals surface area contributed by atoms with Crippen LogP contribution in [0.1, 0.15) is 27.6 Å². The molecule has 0 aliphatic carbocycles. The van der Waals surface area contributed by atoms with Gasteiger partial charge in [-0.2, -0.15) is 4.98 Å². The van der Waals surface area contributed by atoms with Gasteiger partial charge >= 0.3 is 0 Å². The van der Waals surface area contributed by atoms with E-state index in [1.54, 1.807) is 49.4 Å². The molecule has 2 amide bonds. The Kier molecular flexibility index (Phi) is 7.12. The summed E-state index contributed by atoms with van der Waals surface area (Å²) in [4.78, 5) is 28.1. The van der Waals surface area contributed by atoms with Crippen LogP contribution in [0.3, 0.4) is 0 Å². The average Bonchev–Trinajstić information content (AvgIpc) is 3.16. The zero-order valence-electron chi connectivity index (χ0n) is 16.7. The highest BCUT2D eigenvalue weighted by Crippen LogP contribution is 2.14. The zero-order valence-corrected chi connectivity index (χ0v) is 16.7. The normalized spacial score (nSPS) is 10.5. The molecule has 30 heavy (non-hydrogen) atoms. The first-order chi connectivity index (χ1) is 14.5.